The number of aromatic nitrogens is 1. The fraction of sp³-hybridized carbons (Fsp3) is 0.529. The Hall–Kier alpha value is -1.50. The number of nitrogens with zero attached hydrogens (tertiary/aromatic N) is 3. The van der Waals surface area contributed by atoms with Crippen molar-refractivity contribution in [1.82, 2.24) is 14.8 Å². The number of carbonyl (C=O) groups excluding carboxylic acids is 1. The van der Waals surface area contributed by atoms with Gasteiger partial charge in [0, 0.05) is 33.2 Å². The van der Waals surface area contributed by atoms with Crippen molar-refractivity contribution in [1.29, 1.82) is 0 Å². The minimum Gasteiger partial charge on any atom is -0.363 e. The van der Waals surface area contributed by atoms with Gasteiger partial charge in [-0.2, -0.15) is 0 Å². The first-order valence-electron chi connectivity index (χ1n) is 8.07. The Morgan fingerprint density at radius 2 is 2.17 bits per heavy atom. The molecule has 0 atom stereocenters. The van der Waals surface area contributed by atoms with Gasteiger partial charge < -0.3 is 9.64 Å². The third kappa shape index (κ3) is 2.86. The molecule has 2 fully saturated rings. The smallest absolute Gasteiger partial charge is 0.248 e. The van der Waals surface area contributed by atoms with E-state index in [0.29, 0.717) is 0 Å². The van der Waals surface area contributed by atoms with Gasteiger partial charge in [-0.15, -0.1) is 11.3 Å². The Morgan fingerprint density at radius 3 is 2.96 bits per heavy atom. The second-order valence-electron chi connectivity index (χ2n) is 6.62. The molecule has 6 heteroatoms. The molecule has 1 amide bonds. The molecule has 2 aliphatic rings. The molecule has 2 aliphatic heterocycles. The lowest BCUT2D eigenvalue weighted by atomic mass is 9.89. The van der Waals surface area contributed by atoms with E-state index in [4.69, 9.17) is 4.74 Å². The van der Waals surface area contributed by atoms with E-state index in [0.717, 1.165) is 44.5 Å². The monoisotopic (exact) mass is 331 g/mol. The minimum absolute atomic E-state index is 0.0925. The van der Waals surface area contributed by atoms with E-state index in [2.05, 4.69) is 28.1 Å². The first-order valence-corrected chi connectivity index (χ1v) is 8.95. The van der Waals surface area contributed by atoms with Crippen LogP contribution >= 0.6 is 11.3 Å². The van der Waals surface area contributed by atoms with Gasteiger partial charge in [-0.1, -0.05) is 12.1 Å². The molecular weight excluding hydrogens is 310 g/mol. The van der Waals surface area contributed by atoms with Gasteiger partial charge in [0.1, 0.15) is 6.61 Å². The molecule has 1 spiro atoms. The summed E-state index contributed by atoms with van der Waals surface area (Å²) in [5.41, 5.74) is 4.24. The zero-order valence-corrected chi connectivity index (χ0v) is 14.1. The predicted octanol–water partition coefficient (Wildman–Crippen LogP) is 2.12. The number of fused-ring (bicyclic) bond motifs is 1. The van der Waals surface area contributed by atoms with Crippen molar-refractivity contribution in [3.8, 4) is 0 Å². The summed E-state index contributed by atoms with van der Waals surface area (Å²) >= 11 is 1.72. The maximum atomic E-state index is 11.6. The maximum absolute atomic E-state index is 11.6. The van der Waals surface area contributed by atoms with Gasteiger partial charge in [0.2, 0.25) is 5.91 Å². The number of ether oxygens (including phenoxy) is 1. The van der Waals surface area contributed by atoms with Crippen molar-refractivity contribution < 1.29 is 9.53 Å². The second-order valence-corrected chi connectivity index (χ2v) is 7.47. The third-order valence-corrected chi connectivity index (χ3v) is 5.97. The van der Waals surface area contributed by atoms with Gasteiger partial charge in [-0.3, -0.25) is 9.69 Å². The van der Waals surface area contributed by atoms with Gasteiger partial charge >= 0.3 is 0 Å². The molecule has 0 saturated carbocycles. The largest absolute Gasteiger partial charge is 0.363 e. The summed E-state index contributed by atoms with van der Waals surface area (Å²) in [4.78, 5) is 20.3. The van der Waals surface area contributed by atoms with Crippen molar-refractivity contribution in [2.45, 2.75) is 25.0 Å². The predicted molar refractivity (Wildman–Crippen MR) is 90.5 cm³/mol. The van der Waals surface area contributed by atoms with Gasteiger partial charge in [0.05, 0.1) is 21.3 Å². The SMILES string of the molecule is CN1CC2(CCN(Cc3cccc4ncsc34)CC2)OCC1=O. The van der Waals surface area contributed by atoms with E-state index in [1.807, 2.05) is 17.5 Å². The zero-order chi connectivity index (χ0) is 15.9. The van der Waals surface area contributed by atoms with Gasteiger partial charge in [-0.05, 0) is 24.5 Å². The summed E-state index contributed by atoms with van der Waals surface area (Å²) < 4.78 is 7.22. The summed E-state index contributed by atoms with van der Waals surface area (Å²) in [6, 6.07) is 6.37. The second kappa shape index (κ2) is 5.85. The van der Waals surface area contributed by atoms with Gasteiger partial charge in [0.15, 0.2) is 0 Å². The number of rotatable bonds is 2. The van der Waals surface area contributed by atoms with Crippen LogP contribution in [0.25, 0.3) is 10.2 Å². The summed E-state index contributed by atoms with van der Waals surface area (Å²) in [6.07, 6.45) is 1.98. The molecule has 2 saturated heterocycles. The maximum Gasteiger partial charge on any atom is 0.248 e. The van der Waals surface area contributed by atoms with Crippen LogP contribution in [0.2, 0.25) is 0 Å². The number of hydrogen-bond acceptors (Lipinski definition) is 5. The Labute approximate surface area is 139 Å². The molecule has 23 heavy (non-hydrogen) atoms. The summed E-state index contributed by atoms with van der Waals surface area (Å²) in [7, 11) is 1.88. The van der Waals surface area contributed by atoms with Crippen molar-refractivity contribution >= 4 is 27.5 Å². The lowest BCUT2D eigenvalue weighted by molar-refractivity contribution is -0.169. The Balaban J connectivity index is 1.42. The standard InChI is InChI=1S/C17H21N3O2S/c1-19-11-17(22-10-15(19)21)5-7-20(8-6-17)9-13-3-2-4-14-16(13)23-12-18-14/h2-4,12H,5-11H2,1H3. The van der Waals surface area contributed by atoms with E-state index in [1.165, 1.54) is 10.3 Å². The normalized spacial score (nSPS) is 22.1. The highest BCUT2D eigenvalue weighted by molar-refractivity contribution is 7.16. The molecule has 0 bridgehead atoms. The van der Waals surface area contributed by atoms with Crippen LogP contribution < -0.4 is 0 Å². The summed E-state index contributed by atoms with van der Waals surface area (Å²) in [5.74, 6) is 0.0925. The van der Waals surface area contributed by atoms with Crippen LogP contribution in [0, 0.1) is 0 Å². The molecule has 1 aromatic carbocycles. The van der Waals surface area contributed by atoms with E-state index in [9.17, 15) is 4.79 Å². The Bertz CT molecular complexity index is 721. The molecule has 4 rings (SSSR count). The molecule has 5 nitrogen and oxygen atoms in total. The van der Waals surface area contributed by atoms with E-state index in [1.54, 1.807) is 11.3 Å². The van der Waals surface area contributed by atoms with Crippen LogP contribution in [-0.4, -0.2) is 59.6 Å². The van der Waals surface area contributed by atoms with Crippen LogP contribution in [0.15, 0.2) is 23.7 Å². The molecule has 0 radical (unpaired) electrons. The molecule has 3 heterocycles. The molecule has 1 aromatic heterocycles. The lowest BCUT2D eigenvalue weighted by Crippen LogP contribution is -2.57. The number of likely N-dealkylation sites (N-methyl/N-ethyl adjacent to an activating group) is 1. The number of carbonyl (C=O) groups is 1. The quantitative estimate of drug-likeness (QED) is 0.846. The van der Waals surface area contributed by atoms with Crippen molar-refractivity contribution in [2.24, 2.45) is 0 Å². The molecule has 122 valence electrons. The number of benzene rings is 1. The number of morpholine rings is 1. The van der Waals surface area contributed by atoms with Crippen molar-refractivity contribution in [2.75, 3.05) is 33.3 Å². The first kappa shape index (κ1) is 15.1. The average Bonchev–Trinajstić information content (AvgIpc) is 3.04. The van der Waals surface area contributed by atoms with E-state index in [-0.39, 0.29) is 18.1 Å². The van der Waals surface area contributed by atoms with Crippen LogP contribution in [0.4, 0.5) is 0 Å². The van der Waals surface area contributed by atoms with Gasteiger partial charge in [0.25, 0.3) is 0 Å². The zero-order valence-electron chi connectivity index (χ0n) is 13.3. The van der Waals surface area contributed by atoms with Crippen LogP contribution in [0.1, 0.15) is 18.4 Å². The van der Waals surface area contributed by atoms with Crippen molar-refractivity contribution in [3.63, 3.8) is 0 Å². The highest BCUT2D eigenvalue weighted by Crippen LogP contribution is 2.31. The minimum atomic E-state index is -0.129. The number of amides is 1. The average molecular weight is 331 g/mol. The third-order valence-electron chi connectivity index (χ3n) is 5.05. The Morgan fingerprint density at radius 1 is 1.35 bits per heavy atom. The Kier molecular flexibility index (Phi) is 3.83. The number of hydrogen-bond donors (Lipinski definition) is 0. The molecular formula is C17H21N3O2S. The summed E-state index contributed by atoms with van der Waals surface area (Å²) in [5, 5.41) is 0. The molecule has 0 aliphatic carbocycles. The van der Waals surface area contributed by atoms with E-state index < -0.39 is 0 Å². The van der Waals surface area contributed by atoms with Gasteiger partial charge in [-0.25, -0.2) is 4.98 Å². The fourth-order valence-corrected chi connectivity index (χ4v) is 4.42. The highest BCUT2D eigenvalue weighted by Gasteiger charge is 2.41. The van der Waals surface area contributed by atoms with Crippen LogP contribution in [-0.2, 0) is 16.1 Å². The summed E-state index contributed by atoms with van der Waals surface area (Å²) in [6.45, 7) is 3.94. The van der Waals surface area contributed by atoms with Crippen LogP contribution in [0.3, 0.4) is 0 Å². The van der Waals surface area contributed by atoms with E-state index >= 15 is 0 Å². The number of thiazole rings is 1. The first-order chi connectivity index (χ1) is 11.2. The van der Waals surface area contributed by atoms with Crippen LogP contribution in [0.5, 0.6) is 0 Å². The lowest BCUT2D eigenvalue weighted by Gasteiger charge is -2.46. The topological polar surface area (TPSA) is 45.7 Å². The number of piperidine rings is 1. The number of likely N-dealkylation sites (tertiary alicyclic amines) is 1. The molecule has 0 unspecified atom stereocenters. The molecule has 2 aromatic rings. The fourth-order valence-electron chi connectivity index (χ4n) is 3.62. The highest BCUT2D eigenvalue weighted by atomic mass is 32.1. The molecule has 0 N–H and O–H groups in total. The van der Waals surface area contributed by atoms with Crippen molar-refractivity contribution in [3.05, 3.63) is 29.3 Å².